The van der Waals surface area contributed by atoms with E-state index < -0.39 is 10.0 Å². The van der Waals surface area contributed by atoms with Crippen LogP contribution in [0.15, 0.2) is 45.1 Å². The second kappa shape index (κ2) is 8.65. The Balaban J connectivity index is 1.73. The molecule has 0 unspecified atom stereocenters. The van der Waals surface area contributed by atoms with Gasteiger partial charge in [-0.05, 0) is 53.0 Å². The van der Waals surface area contributed by atoms with Crippen molar-refractivity contribution in [3.05, 3.63) is 50.6 Å². The van der Waals surface area contributed by atoms with Crippen LogP contribution >= 0.6 is 27.3 Å². The predicted octanol–water partition coefficient (Wildman–Crippen LogP) is 4.01. The summed E-state index contributed by atoms with van der Waals surface area (Å²) in [5.74, 6) is -0.276. The largest absolute Gasteiger partial charge is 0.347 e. The van der Waals surface area contributed by atoms with Gasteiger partial charge < -0.3 is 5.32 Å². The van der Waals surface area contributed by atoms with E-state index in [-0.39, 0.29) is 10.8 Å². The van der Waals surface area contributed by atoms with Crippen LogP contribution in [-0.2, 0) is 16.6 Å². The number of thiophene rings is 1. The Labute approximate surface area is 166 Å². The number of carbonyl (C=O) groups is 1. The van der Waals surface area contributed by atoms with Gasteiger partial charge in [0.2, 0.25) is 10.0 Å². The third-order valence-corrected chi connectivity index (χ3v) is 7.94. The van der Waals surface area contributed by atoms with Crippen LogP contribution in [-0.4, -0.2) is 31.7 Å². The molecule has 0 radical (unpaired) electrons. The molecular formula is C18H21BrN2O3S2. The van der Waals surface area contributed by atoms with Gasteiger partial charge in [0, 0.05) is 33.4 Å². The molecule has 1 aliphatic heterocycles. The van der Waals surface area contributed by atoms with E-state index in [9.17, 15) is 13.2 Å². The van der Waals surface area contributed by atoms with Gasteiger partial charge in [0.1, 0.15) is 0 Å². The molecule has 1 saturated heterocycles. The summed E-state index contributed by atoms with van der Waals surface area (Å²) >= 11 is 4.94. The Morgan fingerprint density at radius 2 is 1.88 bits per heavy atom. The van der Waals surface area contributed by atoms with Crippen molar-refractivity contribution in [2.45, 2.75) is 37.1 Å². The fraction of sp³-hybridized carbons (Fsp3) is 0.389. The van der Waals surface area contributed by atoms with Crippen molar-refractivity contribution in [3.8, 4) is 0 Å². The van der Waals surface area contributed by atoms with Crippen LogP contribution in [0.1, 0.15) is 40.9 Å². The van der Waals surface area contributed by atoms with Crippen molar-refractivity contribution in [1.82, 2.24) is 9.62 Å². The molecule has 0 aliphatic carbocycles. The zero-order valence-corrected chi connectivity index (χ0v) is 17.5. The number of hydrogen-bond acceptors (Lipinski definition) is 4. The van der Waals surface area contributed by atoms with E-state index >= 15 is 0 Å². The zero-order chi connectivity index (χ0) is 18.6. The van der Waals surface area contributed by atoms with Crippen LogP contribution in [0.25, 0.3) is 0 Å². The topological polar surface area (TPSA) is 66.5 Å². The van der Waals surface area contributed by atoms with Gasteiger partial charge in [0.15, 0.2) is 0 Å². The molecule has 8 heteroatoms. The van der Waals surface area contributed by atoms with E-state index in [1.54, 1.807) is 33.8 Å². The van der Waals surface area contributed by atoms with Crippen LogP contribution in [0.4, 0.5) is 0 Å². The number of amides is 1. The van der Waals surface area contributed by atoms with Gasteiger partial charge in [0.05, 0.1) is 11.4 Å². The molecular weight excluding hydrogens is 436 g/mol. The van der Waals surface area contributed by atoms with E-state index in [0.29, 0.717) is 25.2 Å². The average molecular weight is 457 g/mol. The molecule has 5 nitrogen and oxygen atoms in total. The van der Waals surface area contributed by atoms with E-state index in [4.69, 9.17) is 0 Å². The molecule has 1 fully saturated rings. The lowest BCUT2D eigenvalue weighted by atomic mass is 10.2. The van der Waals surface area contributed by atoms with Crippen LogP contribution in [0.5, 0.6) is 0 Å². The second-order valence-electron chi connectivity index (χ2n) is 6.26. The van der Waals surface area contributed by atoms with Crippen molar-refractivity contribution < 1.29 is 13.2 Å². The van der Waals surface area contributed by atoms with Gasteiger partial charge in [-0.15, -0.1) is 11.3 Å². The lowest BCUT2D eigenvalue weighted by Gasteiger charge is -2.20. The summed E-state index contributed by atoms with van der Waals surface area (Å²) in [6.07, 6.45) is 3.90. The number of nitrogens with one attached hydrogen (secondary N) is 1. The minimum Gasteiger partial charge on any atom is -0.347 e. The van der Waals surface area contributed by atoms with E-state index in [1.165, 1.54) is 6.07 Å². The van der Waals surface area contributed by atoms with Crippen LogP contribution in [0.2, 0.25) is 0 Å². The molecule has 1 aromatic heterocycles. The van der Waals surface area contributed by atoms with Gasteiger partial charge >= 0.3 is 0 Å². The van der Waals surface area contributed by atoms with Crippen LogP contribution < -0.4 is 5.32 Å². The molecule has 0 saturated carbocycles. The van der Waals surface area contributed by atoms with Crippen molar-refractivity contribution >= 4 is 43.2 Å². The summed E-state index contributed by atoms with van der Waals surface area (Å²) in [6.45, 7) is 1.51. The summed E-state index contributed by atoms with van der Waals surface area (Å²) in [5.41, 5.74) is 0.358. The average Bonchev–Trinajstić information content (AvgIpc) is 2.87. The maximum Gasteiger partial charge on any atom is 0.251 e. The molecule has 1 aromatic carbocycles. The minimum atomic E-state index is -3.56. The van der Waals surface area contributed by atoms with E-state index in [0.717, 1.165) is 35.0 Å². The first-order valence-corrected chi connectivity index (χ1v) is 11.7. The van der Waals surface area contributed by atoms with Crippen molar-refractivity contribution in [2.24, 2.45) is 0 Å². The third-order valence-electron chi connectivity index (χ3n) is 4.34. The Kier molecular flexibility index (Phi) is 6.50. The Hall–Kier alpha value is -1.22. The fourth-order valence-electron chi connectivity index (χ4n) is 2.94. The molecule has 0 atom stereocenters. The number of carbonyl (C=O) groups excluding carboxylic acids is 1. The van der Waals surface area contributed by atoms with Gasteiger partial charge in [-0.2, -0.15) is 4.31 Å². The molecule has 2 aromatic rings. The number of nitrogens with zero attached hydrogens (tertiary/aromatic N) is 1. The van der Waals surface area contributed by atoms with Gasteiger partial charge in [-0.1, -0.05) is 18.9 Å². The molecule has 1 aliphatic rings. The molecule has 2 heterocycles. The van der Waals surface area contributed by atoms with Gasteiger partial charge in [-0.25, -0.2) is 8.42 Å². The maximum atomic E-state index is 12.9. The SMILES string of the molecule is O=C(NCc1cc(Br)cs1)c1cccc(S(=O)(=O)N2CCCCCC2)c1. The monoisotopic (exact) mass is 456 g/mol. The standard InChI is InChI=1S/C18H21BrN2O3S2/c19-15-11-16(25-13-15)12-20-18(22)14-6-5-7-17(10-14)26(23,24)21-8-3-1-2-4-9-21/h5-7,10-11,13H,1-4,8-9,12H2,(H,20,22). The summed E-state index contributed by atoms with van der Waals surface area (Å²) in [4.78, 5) is 13.6. The summed E-state index contributed by atoms with van der Waals surface area (Å²) in [5, 5.41) is 4.79. The quantitative estimate of drug-likeness (QED) is 0.738. The highest BCUT2D eigenvalue weighted by Gasteiger charge is 2.25. The van der Waals surface area contributed by atoms with E-state index in [2.05, 4.69) is 21.2 Å². The number of hydrogen-bond donors (Lipinski definition) is 1. The first-order chi connectivity index (χ1) is 12.5. The molecule has 26 heavy (non-hydrogen) atoms. The number of benzene rings is 1. The first-order valence-electron chi connectivity index (χ1n) is 8.58. The van der Waals surface area contributed by atoms with Crippen LogP contribution in [0, 0.1) is 0 Å². The molecule has 3 rings (SSSR count). The van der Waals surface area contributed by atoms with Crippen molar-refractivity contribution in [1.29, 1.82) is 0 Å². The van der Waals surface area contributed by atoms with Gasteiger partial charge in [0.25, 0.3) is 5.91 Å². The fourth-order valence-corrected chi connectivity index (χ4v) is 5.90. The summed E-state index contributed by atoms with van der Waals surface area (Å²) in [7, 11) is -3.56. The lowest BCUT2D eigenvalue weighted by Crippen LogP contribution is -2.32. The number of halogens is 1. The van der Waals surface area contributed by atoms with E-state index in [1.807, 2.05) is 11.4 Å². The molecule has 140 valence electrons. The normalized spacial score (nSPS) is 16.2. The number of sulfonamides is 1. The minimum absolute atomic E-state index is 0.186. The summed E-state index contributed by atoms with van der Waals surface area (Å²) < 4.78 is 28.3. The van der Waals surface area contributed by atoms with Crippen molar-refractivity contribution in [2.75, 3.05) is 13.1 Å². The highest BCUT2D eigenvalue weighted by atomic mass is 79.9. The van der Waals surface area contributed by atoms with Crippen LogP contribution in [0.3, 0.4) is 0 Å². The highest BCUT2D eigenvalue weighted by molar-refractivity contribution is 9.10. The Morgan fingerprint density at radius 1 is 1.15 bits per heavy atom. The first kappa shape index (κ1) is 19.5. The maximum absolute atomic E-state index is 12.9. The Morgan fingerprint density at radius 3 is 2.54 bits per heavy atom. The molecule has 0 bridgehead atoms. The molecule has 0 spiro atoms. The third kappa shape index (κ3) is 4.73. The summed E-state index contributed by atoms with van der Waals surface area (Å²) in [6, 6.07) is 8.25. The Bertz CT molecular complexity index is 872. The van der Waals surface area contributed by atoms with Crippen molar-refractivity contribution in [3.63, 3.8) is 0 Å². The zero-order valence-electron chi connectivity index (χ0n) is 14.3. The number of rotatable bonds is 5. The smallest absolute Gasteiger partial charge is 0.251 e. The lowest BCUT2D eigenvalue weighted by molar-refractivity contribution is 0.0951. The highest BCUT2D eigenvalue weighted by Crippen LogP contribution is 2.22. The molecule has 1 amide bonds. The molecule has 1 N–H and O–H groups in total. The predicted molar refractivity (Wildman–Crippen MR) is 107 cm³/mol. The second-order valence-corrected chi connectivity index (χ2v) is 10.1. The van der Waals surface area contributed by atoms with Gasteiger partial charge in [-0.3, -0.25) is 4.79 Å².